The van der Waals surface area contributed by atoms with E-state index in [9.17, 15) is 14.4 Å². The van der Waals surface area contributed by atoms with Crippen LogP contribution in [0.25, 0.3) is 11.1 Å². The zero-order chi connectivity index (χ0) is 23.4. The molecule has 2 aliphatic rings. The Morgan fingerprint density at radius 3 is 2.24 bits per heavy atom. The summed E-state index contributed by atoms with van der Waals surface area (Å²) in [5.41, 5.74) is 4.64. The Labute approximate surface area is 193 Å². The largest absolute Gasteiger partial charge is 0.481 e. The fourth-order valence-electron chi connectivity index (χ4n) is 5.05. The fraction of sp³-hybridized carbons (Fsp3) is 0.423. The van der Waals surface area contributed by atoms with Crippen molar-refractivity contribution in [3.05, 3.63) is 59.7 Å². The van der Waals surface area contributed by atoms with Gasteiger partial charge in [-0.1, -0.05) is 61.4 Å². The van der Waals surface area contributed by atoms with Crippen LogP contribution < -0.4 is 5.32 Å². The Balaban J connectivity index is 1.38. The number of carboxylic acid groups (broad SMARTS) is 1. The minimum atomic E-state index is -0.938. The molecule has 0 aromatic heterocycles. The van der Waals surface area contributed by atoms with Crippen LogP contribution in [0.1, 0.15) is 49.1 Å². The van der Waals surface area contributed by atoms with Gasteiger partial charge in [0.25, 0.3) is 0 Å². The van der Waals surface area contributed by atoms with E-state index in [0.29, 0.717) is 12.8 Å². The Bertz CT molecular complexity index is 991. The number of carboxylic acids is 1. The standard InChI is InChI=1S/C26H30N2O5/c1-28(15-14-24(29)30)25(31)21-12-6-7-13-23(21)27-26(32)33-16-22-19-10-4-2-8-17(19)18-9-3-5-11-20(18)22/h2-5,8-11,21-23H,6-7,12-16H2,1H3,(H,27,32)(H,29,30)/t21-,23+/m0/s1. The van der Waals surface area contributed by atoms with Gasteiger partial charge in [-0.3, -0.25) is 9.59 Å². The molecular formula is C26H30N2O5. The molecule has 7 heteroatoms. The maximum Gasteiger partial charge on any atom is 0.407 e. The molecule has 0 radical (unpaired) electrons. The van der Waals surface area contributed by atoms with Crippen LogP contribution >= 0.6 is 0 Å². The van der Waals surface area contributed by atoms with Crippen molar-refractivity contribution in [2.75, 3.05) is 20.2 Å². The molecule has 0 unspecified atom stereocenters. The first-order valence-corrected chi connectivity index (χ1v) is 11.5. The molecule has 0 bridgehead atoms. The molecule has 2 atom stereocenters. The average molecular weight is 451 g/mol. The number of fused-ring (bicyclic) bond motifs is 3. The summed E-state index contributed by atoms with van der Waals surface area (Å²) >= 11 is 0. The van der Waals surface area contributed by atoms with Gasteiger partial charge in [-0.25, -0.2) is 4.79 Å². The second kappa shape index (κ2) is 10.1. The number of benzene rings is 2. The molecule has 4 rings (SSSR count). The monoisotopic (exact) mass is 450 g/mol. The molecular weight excluding hydrogens is 420 g/mol. The smallest absolute Gasteiger partial charge is 0.407 e. The number of amides is 2. The van der Waals surface area contributed by atoms with E-state index in [4.69, 9.17) is 9.84 Å². The topological polar surface area (TPSA) is 95.9 Å². The SMILES string of the molecule is CN(CCC(=O)O)C(=O)[C@H]1CCCC[C@H]1NC(=O)OCC1c2ccccc2-c2ccccc21. The van der Waals surface area contributed by atoms with E-state index in [1.165, 1.54) is 16.0 Å². The van der Waals surface area contributed by atoms with E-state index in [1.54, 1.807) is 7.05 Å². The minimum absolute atomic E-state index is 0.0194. The number of ether oxygens (including phenoxy) is 1. The van der Waals surface area contributed by atoms with Crippen molar-refractivity contribution in [3.8, 4) is 11.1 Å². The Kier molecular flexibility index (Phi) is 6.96. The number of carbonyl (C=O) groups is 3. The normalized spacial score (nSPS) is 19.3. The molecule has 2 aliphatic carbocycles. The number of nitrogens with zero attached hydrogens (tertiary/aromatic N) is 1. The number of rotatable bonds is 7. The summed E-state index contributed by atoms with van der Waals surface area (Å²) in [5, 5.41) is 11.8. The van der Waals surface area contributed by atoms with E-state index in [2.05, 4.69) is 29.6 Å². The Hall–Kier alpha value is -3.35. The van der Waals surface area contributed by atoms with Crippen LogP contribution in [0.2, 0.25) is 0 Å². The Morgan fingerprint density at radius 1 is 1.00 bits per heavy atom. The van der Waals surface area contributed by atoms with Gasteiger partial charge in [0, 0.05) is 25.6 Å². The van der Waals surface area contributed by atoms with Gasteiger partial charge in [-0.2, -0.15) is 0 Å². The molecule has 33 heavy (non-hydrogen) atoms. The number of hydrogen-bond donors (Lipinski definition) is 2. The third-order valence-electron chi connectivity index (χ3n) is 6.77. The zero-order valence-electron chi connectivity index (χ0n) is 18.8. The summed E-state index contributed by atoms with van der Waals surface area (Å²) in [5.74, 6) is -1.45. The molecule has 0 aliphatic heterocycles. The van der Waals surface area contributed by atoms with Gasteiger partial charge in [0.2, 0.25) is 5.91 Å². The number of aliphatic carboxylic acids is 1. The number of carbonyl (C=O) groups excluding carboxylic acids is 2. The second-order valence-electron chi connectivity index (χ2n) is 8.87. The highest BCUT2D eigenvalue weighted by Gasteiger charge is 2.35. The molecule has 0 heterocycles. The first-order valence-electron chi connectivity index (χ1n) is 11.5. The van der Waals surface area contributed by atoms with Gasteiger partial charge in [-0.15, -0.1) is 0 Å². The van der Waals surface area contributed by atoms with E-state index < -0.39 is 12.1 Å². The third kappa shape index (κ3) is 5.02. The molecule has 7 nitrogen and oxygen atoms in total. The highest BCUT2D eigenvalue weighted by atomic mass is 16.5. The van der Waals surface area contributed by atoms with Gasteiger partial charge in [0.05, 0.1) is 12.3 Å². The maximum atomic E-state index is 12.9. The van der Waals surface area contributed by atoms with Gasteiger partial charge in [-0.05, 0) is 35.1 Å². The van der Waals surface area contributed by atoms with Crippen molar-refractivity contribution in [2.24, 2.45) is 5.92 Å². The van der Waals surface area contributed by atoms with Crippen molar-refractivity contribution in [2.45, 2.75) is 44.1 Å². The molecule has 2 aromatic carbocycles. The van der Waals surface area contributed by atoms with E-state index in [1.807, 2.05) is 24.3 Å². The summed E-state index contributed by atoms with van der Waals surface area (Å²) < 4.78 is 5.66. The van der Waals surface area contributed by atoms with Gasteiger partial charge in [0.1, 0.15) is 6.61 Å². The first-order chi connectivity index (χ1) is 16.0. The van der Waals surface area contributed by atoms with Crippen LogP contribution in [0.5, 0.6) is 0 Å². The van der Waals surface area contributed by atoms with E-state index in [-0.39, 0.29) is 43.4 Å². The van der Waals surface area contributed by atoms with Crippen molar-refractivity contribution in [3.63, 3.8) is 0 Å². The lowest BCUT2D eigenvalue weighted by atomic mass is 9.83. The molecule has 2 amide bonds. The highest BCUT2D eigenvalue weighted by Crippen LogP contribution is 2.44. The summed E-state index contributed by atoms with van der Waals surface area (Å²) in [7, 11) is 1.62. The number of hydrogen-bond acceptors (Lipinski definition) is 4. The molecule has 2 aromatic rings. The van der Waals surface area contributed by atoms with Crippen LogP contribution in [0.3, 0.4) is 0 Å². The minimum Gasteiger partial charge on any atom is -0.481 e. The van der Waals surface area contributed by atoms with Crippen LogP contribution in [-0.2, 0) is 14.3 Å². The van der Waals surface area contributed by atoms with Crippen molar-refractivity contribution in [1.82, 2.24) is 10.2 Å². The van der Waals surface area contributed by atoms with Crippen molar-refractivity contribution in [1.29, 1.82) is 0 Å². The Morgan fingerprint density at radius 2 is 1.61 bits per heavy atom. The quantitative estimate of drug-likeness (QED) is 0.664. The van der Waals surface area contributed by atoms with Crippen LogP contribution in [0.4, 0.5) is 4.79 Å². The van der Waals surface area contributed by atoms with Crippen molar-refractivity contribution < 1.29 is 24.2 Å². The number of alkyl carbamates (subject to hydrolysis) is 1. The first kappa shape index (κ1) is 22.8. The molecule has 2 N–H and O–H groups in total. The second-order valence-corrected chi connectivity index (χ2v) is 8.87. The van der Waals surface area contributed by atoms with Crippen LogP contribution in [0.15, 0.2) is 48.5 Å². The van der Waals surface area contributed by atoms with Gasteiger partial charge in [0.15, 0.2) is 0 Å². The maximum absolute atomic E-state index is 12.9. The molecule has 174 valence electrons. The predicted molar refractivity (Wildman–Crippen MR) is 124 cm³/mol. The zero-order valence-corrected chi connectivity index (χ0v) is 18.8. The number of nitrogens with one attached hydrogen (secondary N) is 1. The lowest BCUT2D eigenvalue weighted by molar-refractivity contribution is -0.139. The van der Waals surface area contributed by atoms with E-state index in [0.717, 1.165) is 24.0 Å². The summed E-state index contributed by atoms with van der Waals surface area (Å²) in [6.07, 6.45) is 2.59. The molecule has 0 saturated heterocycles. The van der Waals surface area contributed by atoms with Gasteiger partial charge >= 0.3 is 12.1 Å². The van der Waals surface area contributed by atoms with Crippen LogP contribution in [-0.4, -0.2) is 54.2 Å². The summed E-state index contributed by atoms with van der Waals surface area (Å²) in [6.45, 7) is 0.381. The molecule has 0 spiro atoms. The van der Waals surface area contributed by atoms with Crippen molar-refractivity contribution >= 4 is 18.0 Å². The lowest BCUT2D eigenvalue weighted by Crippen LogP contribution is -2.49. The van der Waals surface area contributed by atoms with E-state index >= 15 is 0 Å². The van der Waals surface area contributed by atoms with Crippen LogP contribution in [0, 0.1) is 5.92 Å². The third-order valence-corrected chi connectivity index (χ3v) is 6.77. The fourth-order valence-corrected chi connectivity index (χ4v) is 5.05. The molecule has 1 fully saturated rings. The molecule has 1 saturated carbocycles. The highest BCUT2D eigenvalue weighted by molar-refractivity contribution is 5.81. The van der Waals surface area contributed by atoms with Gasteiger partial charge < -0.3 is 20.1 Å². The summed E-state index contributed by atoms with van der Waals surface area (Å²) in [4.78, 5) is 37.9. The average Bonchev–Trinajstić information content (AvgIpc) is 3.15. The summed E-state index contributed by atoms with van der Waals surface area (Å²) in [6, 6.07) is 16.0. The predicted octanol–water partition coefficient (Wildman–Crippen LogP) is 4.02. The lowest BCUT2D eigenvalue weighted by Gasteiger charge is -2.33.